The molecule has 0 aromatic carbocycles. The number of methoxy groups -OCH3 is 1. The first-order chi connectivity index (χ1) is 8.77. The van der Waals surface area contributed by atoms with E-state index in [4.69, 9.17) is 0 Å². The van der Waals surface area contributed by atoms with Gasteiger partial charge in [0.05, 0.1) is 18.8 Å². The maximum atomic E-state index is 12.3. The van der Waals surface area contributed by atoms with Gasteiger partial charge in [-0.1, -0.05) is 20.8 Å². The summed E-state index contributed by atoms with van der Waals surface area (Å²) in [4.78, 5) is 11.3. The molecule has 0 amide bonds. The normalized spacial score (nSPS) is 23.3. The Hall–Kier alpha value is -0.270. The lowest BCUT2D eigenvalue weighted by molar-refractivity contribution is -0.144. The largest absolute Gasteiger partial charge is 0.469 e. The molecule has 1 fully saturated rings. The van der Waals surface area contributed by atoms with Crippen LogP contribution in [-0.4, -0.2) is 55.6 Å². The van der Waals surface area contributed by atoms with E-state index in [2.05, 4.69) is 18.6 Å². The Bertz CT molecular complexity index is 408. The fourth-order valence-electron chi connectivity index (χ4n) is 2.00. The van der Waals surface area contributed by atoms with Crippen LogP contribution in [0.1, 0.15) is 20.8 Å². The third-order valence-corrected chi connectivity index (χ3v) is 6.84. The Balaban J connectivity index is 2.69. The molecule has 1 aliphatic rings. The van der Waals surface area contributed by atoms with Crippen molar-refractivity contribution >= 4 is 27.8 Å². The van der Waals surface area contributed by atoms with Gasteiger partial charge in [-0.2, -0.15) is 16.1 Å². The summed E-state index contributed by atoms with van der Waals surface area (Å²) in [6.45, 7) is 6.86. The molecule has 1 aliphatic heterocycles. The monoisotopic (exact) mass is 309 g/mol. The number of carbonyl (C=O) groups is 1. The molecular weight excluding hydrogens is 286 g/mol. The molecule has 112 valence electrons. The Labute approximate surface area is 120 Å². The highest BCUT2D eigenvalue weighted by molar-refractivity contribution is 8.00. The maximum Gasteiger partial charge on any atom is 0.309 e. The average molecular weight is 309 g/mol. The number of rotatable bonds is 5. The predicted molar refractivity (Wildman–Crippen MR) is 77.6 cm³/mol. The number of carbonyl (C=O) groups excluding carboxylic acids is 1. The van der Waals surface area contributed by atoms with Crippen LogP contribution in [0.15, 0.2) is 0 Å². The molecule has 0 bridgehead atoms. The highest BCUT2D eigenvalue weighted by atomic mass is 32.2. The van der Waals surface area contributed by atoms with Crippen molar-refractivity contribution in [2.45, 2.75) is 26.0 Å². The summed E-state index contributed by atoms with van der Waals surface area (Å²) < 4.78 is 30.7. The van der Waals surface area contributed by atoms with Crippen molar-refractivity contribution in [3.63, 3.8) is 0 Å². The molecule has 1 rings (SSSR count). The van der Waals surface area contributed by atoms with Crippen LogP contribution in [0.3, 0.4) is 0 Å². The lowest BCUT2D eigenvalue weighted by Crippen LogP contribution is -2.45. The second kappa shape index (κ2) is 6.95. The first-order valence-corrected chi connectivity index (χ1v) is 9.11. The number of hydrogen-bond donors (Lipinski definition) is 0. The second-order valence-electron chi connectivity index (χ2n) is 5.21. The van der Waals surface area contributed by atoms with E-state index in [0.717, 1.165) is 5.75 Å². The molecule has 0 aliphatic carbocycles. The number of ether oxygens (including phenoxy) is 1. The first kappa shape index (κ1) is 16.8. The number of sulfonamides is 1. The minimum Gasteiger partial charge on any atom is -0.469 e. The zero-order valence-corrected chi connectivity index (χ0v) is 13.6. The van der Waals surface area contributed by atoms with Gasteiger partial charge < -0.3 is 4.74 Å². The van der Waals surface area contributed by atoms with Gasteiger partial charge in [0.2, 0.25) is 10.0 Å². The van der Waals surface area contributed by atoms with Crippen LogP contribution in [0.25, 0.3) is 0 Å². The van der Waals surface area contributed by atoms with Gasteiger partial charge in [-0.15, -0.1) is 0 Å². The van der Waals surface area contributed by atoms with E-state index in [-0.39, 0.29) is 5.75 Å². The number of hydrogen-bond acceptors (Lipinski definition) is 5. The summed E-state index contributed by atoms with van der Waals surface area (Å²) in [5.74, 6) is -0.0115. The molecule has 0 aromatic heterocycles. The van der Waals surface area contributed by atoms with Gasteiger partial charge >= 0.3 is 5.97 Å². The molecule has 19 heavy (non-hydrogen) atoms. The van der Waals surface area contributed by atoms with Crippen LogP contribution in [0.2, 0.25) is 0 Å². The summed E-state index contributed by atoms with van der Waals surface area (Å²) in [6, 6.07) is 0. The van der Waals surface area contributed by atoms with E-state index in [1.807, 2.05) is 11.8 Å². The third kappa shape index (κ3) is 4.65. The van der Waals surface area contributed by atoms with Gasteiger partial charge in [-0.25, -0.2) is 8.42 Å². The van der Waals surface area contributed by atoms with Crippen LogP contribution in [0.4, 0.5) is 0 Å². The quantitative estimate of drug-likeness (QED) is 0.714. The molecule has 0 radical (unpaired) electrons. The van der Waals surface area contributed by atoms with Gasteiger partial charge in [0.15, 0.2) is 0 Å². The van der Waals surface area contributed by atoms with E-state index < -0.39 is 21.9 Å². The standard InChI is InChI=1S/C12H23NO4S2/c1-9(2)11-7-13(5-6-18-11)19(15,16)8-10(3)12(14)17-4/h9-11H,5-8H2,1-4H3/t10-,11-/m0/s1. The SMILES string of the molecule is COC(=O)[C@@H](C)CS(=O)(=O)N1CCS[C@H](C(C)C)C1. The molecule has 2 atom stereocenters. The summed E-state index contributed by atoms with van der Waals surface area (Å²) in [7, 11) is -2.11. The Morgan fingerprint density at radius 3 is 2.58 bits per heavy atom. The lowest BCUT2D eigenvalue weighted by atomic mass is 10.1. The second-order valence-corrected chi connectivity index (χ2v) is 8.57. The van der Waals surface area contributed by atoms with Gasteiger partial charge in [0, 0.05) is 24.1 Å². The highest BCUT2D eigenvalue weighted by Gasteiger charge is 2.33. The summed E-state index contributed by atoms with van der Waals surface area (Å²) in [5.41, 5.74) is 0. The number of esters is 1. The number of nitrogens with zero attached hydrogens (tertiary/aromatic N) is 1. The first-order valence-electron chi connectivity index (χ1n) is 6.45. The topological polar surface area (TPSA) is 63.7 Å². The van der Waals surface area contributed by atoms with Gasteiger partial charge in [-0.3, -0.25) is 4.79 Å². The third-order valence-electron chi connectivity index (χ3n) is 3.26. The van der Waals surface area contributed by atoms with E-state index in [1.54, 1.807) is 6.92 Å². The fourth-order valence-corrected chi connectivity index (χ4v) is 5.24. The molecule has 0 aromatic rings. The van der Waals surface area contributed by atoms with Crippen LogP contribution in [-0.2, 0) is 19.6 Å². The van der Waals surface area contributed by atoms with Crippen LogP contribution < -0.4 is 0 Å². The van der Waals surface area contributed by atoms with Crippen molar-refractivity contribution in [1.29, 1.82) is 0 Å². The minimum absolute atomic E-state index is 0.171. The van der Waals surface area contributed by atoms with E-state index in [9.17, 15) is 13.2 Å². The molecule has 0 unspecified atom stereocenters. The molecule has 0 spiro atoms. The predicted octanol–water partition coefficient (Wildman–Crippen LogP) is 1.20. The molecule has 0 saturated carbocycles. The summed E-state index contributed by atoms with van der Waals surface area (Å²) >= 11 is 1.82. The molecule has 7 heteroatoms. The van der Waals surface area contributed by atoms with Crippen molar-refractivity contribution in [2.75, 3.05) is 31.7 Å². The van der Waals surface area contributed by atoms with Crippen LogP contribution in [0, 0.1) is 11.8 Å². The Morgan fingerprint density at radius 1 is 1.42 bits per heavy atom. The Morgan fingerprint density at radius 2 is 2.05 bits per heavy atom. The van der Waals surface area contributed by atoms with Gasteiger partial charge in [0.25, 0.3) is 0 Å². The molecule has 5 nitrogen and oxygen atoms in total. The van der Waals surface area contributed by atoms with Crippen molar-refractivity contribution in [2.24, 2.45) is 11.8 Å². The smallest absolute Gasteiger partial charge is 0.309 e. The van der Waals surface area contributed by atoms with Crippen LogP contribution in [0.5, 0.6) is 0 Å². The van der Waals surface area contributed by atoms with Crippen LogP contribution >= 0.6 is 11.8 Å². The summed E-state index contributed by atoms with van der Waals surface area (Å²) in [6.07, 6.45) is 0. The van der Waals surface area contributed by atoms with Crippen molar-refractivity contribution in [3.05, 3.63) is 0 Å². The fraction of sp³-hybridized carbons (Fsp3) is 0.917. The molecule has 1 saturated heterocycles. The average Bonchev–Trinajstić information content (AvgIpc) is 2.37. The molecule has 1 heterocycles. The van der Waals surface area contributed by atoms with E-state index in [1.165, 1.54) is 11.4 Å². The van der Waals surface area contributed by atoms with Gasteiger partial charge in [-0.05, 0) is 5.92 Å². The minimum atomic E-state index is -3.38. The van der Waals surface area contributed by atoms with E-state index >= 15 is 0 Å². The summed E-state index contributed by atoms with van der Waals surface area (Å²) in [5, 5.41) is 0.331. The zero-order chi connectivity index (χ0) is 14.6. The molecular formula is C12H23NO4S2. The maximum absolute atomic E-state index is 12.3. The van der Waals surface area contributed by atoms with Crippen molar-refractivity contribution < 1.29 is 17.9 Å². The van der Waals surface area contributed by atoms with E-state index in [0.29, 0.717) is 24.3 Å². The molecule has 0 N–H and O–H groups in total. The zero-order valence-electron chi connectivity index (χ0n) is 12.0. The Kier molecular flexibility index (Phi) is 6.14. The lowest BCUT2D eigenvalue weighted by Gasteiger charge is -2.33. The van der Waals surface area contributed by atoms with Gasteiger partial charge in [0.1, 0.15) is 0 Å². The highest BCUT2D eigenvalue weighted by Crippen LogP contribution is 2.27. The number of thioether (sulfide) groups is 1. The van der Waals surface area contributed by atoms with Crippen molar-refractivity contribution in [1.82, 2.24) is 4.31 Å². The van der Waals surface area contributed by atoms with Crippen molar-refractivity contribution in [3.8, 4) is 0 Å².